The number of carbonyl (C=O) groups is 1. The summed E-state index contributed by atoms with van der Waals surface area (Å²) >= 11 is 0. The highest BCUT2D eigenvalue weighted by atomic mass is 32.2. The molecule has 2 aliphatic rings. The lowest BCUT2D eigenvalue weighted by atomic mass is 9.91. The molecule has 0 spiro atoms. The summed E-state index contributed by atoms with van der Waals surface area (Å²) in [6.45, 7) is 2.74. The van der Waals surface area contributed by atoms with Crippen LogP contribution in [0.2, 0.25) is 0 Å². The molecular weight excluding hydrogens is 348 g/mol. The summed E-state index contributed by atoms with van der Waals surface area (Å²) in [6.07, 6.45) is 2.95. The van der Waals surface area contributed by atoms with E-state index in [-0.39, 0.29) is 11.7 Å². The zero-order valence-electron chi connectivity index (χ0n) is 14.8. The molecule has 0 atom stereocenters. The van der Waals surface area contributed by atoms with Crippen molar-refractivity contribution < 1.29 is 13.2 Å². The van der Waals surface area contributed by atoms with Crippen LogP contribution in [0.25, 0.3) is 0 Å². The Morgan fingerprint density at radius 3 is 2.46 bits per heavy atom. The third-order valence-electron chi connectivity index (χ3n) is 5.03. The molecule has 0 aromatic heterocycles. The van der Waals surface area contributed by atoms with Crippen molar-refractivity contribution in [2.45, 2.75) is 38.4 Å². The number of hydrogen-bond acceptors (Lipinski definition) is 3. The van der Waals surface area contributed by atoms with Crippen molar-refractivity contribution in [3.8, 4) is 0 Å². The van der Waals surface area contributed by atoms with E-state index in [1.807, 2.05) is 48.2 Å². The second-order valence-corrected chi connectivity index (χ2v) is 8.86. The molecule has 2 aromatic carbocycles. The molecule has 2 aliphatic heterocycles. The van der Waals surface area contributed by atoms with Crippen LogP contribution in [0.3, 0.4) is 0 Å². The van der Waals surface area contributed by atoms with Gasteiger partial charge in [-0.15, -0.1) is 0 Å². The molecule has 6 heteroatoms. The minimum absolute atomic E-state index is 0.0513. The maximum absolute atomic E-state index is 12.6. The molecule has 0 saturated carbocycles. The number of hydrogen-bond donors (Lipinski definition) is 1. The van der Waals surface area contributed by atoms with Gasteiger partial charge in [0.05, 0.1) is 11.4 Å². The first kappa shape index (κ1) is 17.1. The van der Waals surface area contributed by atoms with Crippen LogP contribution in [0.1, 0.15) is 35.1 Å². The van der Waals surface area contributed by atoms with E-state index < -0.39 is 10.0 Å². The van der Waals surface area contributed by atoms with Gasteiger partial charge in [0.25, 0.3) is 0 Å². The summed E-state index contributed by atoms with van der Waals surface area (Å²) in [5.74, 6) is 0.121. The van der Waals surface area contributed by atoms with E-state index in [9.17, 15) is 13.2 Å². The zero-order valence-corrected chi connectivity index (χ0v) is 15.6. The highest BCUT2D eigenvalue weighted by molar-refractivity contribution is 7.91. The maximum atomic E-state index is 12.6. The number of nitrogens with one attached hydrogen (secondary N) is 1. The SMILES string of the molecule is Cc1ccc(CS(=O)(=O)Nc2cc3c4c(c2)CCC(=O)N4CCC3)cc1. The third kappa shape index (κ3) is 3.33. The van der Waals surface area contributed by atoms with Crippen molar-refractivity contribution in [2.75, 3.05) is 16.2 Å². The minimum Gasteiger partial charge on any atom is -0.312 e. The Kier molecular flexibility index (Phi) is 4.23. The number of benzene rings is 2. The van der Waals surface area contributed by atoms with Gasteiger partial charge in [0.1, 0.15) is 0 Å². The molecule has 0 unspecified atom stereocenters. The van der Waals surface area contributed by atoms with Gasteiger partial charge in [-0.3, -0.25) is 9.52 Å². The highest BCUT2D eigenvalue weighted by Crippen LogP contribution is 2.38. The Balaban J connectivity index is 1.61. The lowest BCUT2D eigenvalue weighted by Crippen LogP contribution is -2.39. The van der Waals surface area contributed by atoms with E-state index in [0.29, 0.717) is 18.5 Å². The molecular formula is C20H22N2O3S. The lowest BCUT2D eigenvalue weighted by molar-refractivity contribution is -0.119. The van der Waals surface area contributed by atoms with Crippen LogP contribution in [0, 0.1) is 6.92 Å². The van der Waals surface area contributed by atoms with E-state index >= 15 is 0 Å². The quantitative estimate of drug-likeness (QED) is 0.899. The molecule has 0 aliphatic carbocycles. The Morgan fingerprint density at radius 2 is 1.73 bits per heavy atom. The molecule has 5 nitrogen and oxygen atoms in total. The number of aryl methyl sites for hydroxylation is 3. The van der Waals surface area contributed by atoms with Gasteiger partial charge in [-0.2, -0.15) is 0 Å². The smallest absolute Gasteiger partial charge is 0.236 e. The molecule has 2 aromatic rings. The first-order chi connectivity index (χ1) is 12.4. The van der Waals surface area contributed by atoms with Crippen molar-refractivity contribution in [1.29, 1.82) is 0 Å². The molecule has 26 heavy (non-hydrogen) atoms. The standard InChI is InChI=1S/C20H22N2O3S/c1-14-4-6-15(7-5-14)13-26(24,25)21-18-11-16-3-2-10-22-19(23)9-8-17(12-18)20(16)22/h4-7,11-12,21H,2-3,8-10,13H2,1H3. The normalized spacial score (nSPS) is 16.3. The van der Waals surface area contributed by atoms with Crippen LogP contribution in [0.15, 0.2) is 36.4 Å². The van der Waals surface area contributed by atoms with E-state index in [0.717, 1.165) is 47.3 Å². The summed E-state index contributed by atoms with van der Waals surface area (Å²) in [7, 11) is -3.49. The summed E-state index contributed by atoms with van der Waals surface area (Å²) in [4.78, 5) is 14.0. The minimum atomic E-state index is -3.49. The van der Waals surface area contributed by atoms with Crippen LogP contribution >= 0.6 is 0 Å². The number of carbonyl (C=O) groups excluding carboxylic acids is 1. The van der Waals surface area contributed by atoms with Crippen LogP contribution in [0.5, 0.6) is 0 Å². The fourth-order valence-electron chi connectivity index (χ4n) is 3.83. The monoisotopic (exact) mass is 370 g/mol. The number of rotatable bonds is 4. The predicted octanol–water partition coefficient (Wildman–Crippen LogP) is 3.16. The first-order valence-corrected chi connectivity index (χ1v) is 10.6. The van der Waals surface area contributed by atoms with Gasteiger partial charge in [0, 0.05) is 18.7 Å². The van der Waals surface area contributed by atoms with Gasteiger partial charge < -0.3 is 4.90 Å². The van der Waals surface area contributed by atoms with Gasteiger partial charge in [-0.1, -0.05) is 29.8 Å². The zero-order chi connectivity index (χ0) is 18.3. The van der Waals surface area contributed by atoms with Gasteiger partial charge in [-0.25, -0.2) is 8.42 Å². The molecule has 0 bridgehead atoms. The van der Waals surface area contributed by atoms with Crippen LogP contribution in [-0.2, 0) is 33.4 Å². The summed E-state index contributed by atoms with van der Waals surface area (Å²) in [6, 6.07) is 11.3. The molecule has 4 rings (SSSR count). The number of amides is 1. The first-order valence-electron chi connectivity index (χ1n) is 8.93. The van der Waals surface area contributed by atoms with Crippen molar-refractivity contribution >= 4 is 27.3 Å². The second-order valence-electron chi connectivity index (χ2n) is 7.14. The van der Waals surface area contributed by atoms with Crippen LogP contribution in [0.4, 0.5) is 11.4 Å². The summed E-state index contributed by atoms with van der Waals surface area (Å²) in [5.41, 5.74) is 5.60. The van der Waals surface area contributed by atoms with Crippen molar-refractivity contribution in [3.05, 3.63) is 58.7 Å². The number of anilines is 2. The molecule has 0 saturated heterocycles. The Morgan fingerprint density at radius 1 is 1.04 bits per heavy atom. The van der Waals surface area contributed by atoms with Gasteiger partial charge in [0.15, 0.2) is 0 Å². The predicted molar refractivity (Wildman–Crippen MR) is 103 cm³/mol. The molecule has 0 radical (unpaired) electrons. The van der Waals surface area contributed by atoms with Crippen molar-refractivity contribution in [1.82, 2.24) is 0 Å². The molecule has 1 amide bonds. The van der Waals surface area contributed by atoms with E-state index in [4.69, 9.17) is 0 Å². The maximum Gasteiger partial charge on any atom is 0.236 e. The summed E-state index contributed by atoms with van der Waals surface area (Å²) < 4.78 is 27.9. The van der Waals surface area contributed by atoms with Gasteiger partial charge >= 0.3 is 0 Å². The Hall–Kier alpha value is -2.34. The highest BCUT2D eigenvalue weighted by Gasteiger charge is 2.30. The fraction of sp³-hybridized carbons (Fsp3) is 0.350. The van der Waals surface area contributed by atoms with Crippen LogP contribution in [-0.4, -0.2) is 20.9 Å². The molecule has 2 heterocycles. The van der Waals surface area contributed by atoms with E-state index in [2.05, 4.69) is 4.72 Å². The largest absolute Gasteiger partial charge is 0.312 e. The average Bonchev–Trinajstić information content (AvgIpc) is 2.59. The fourth-order valence-corrected chi connectivity index (χ4v) is 5.01. The van der Waals surface area contributed by atoms with Crippen LogP contribution < -0.4 is 9.62 Å². The van der Waals surface area contributed by atoms with E-state index in [1.54, 1.807) is 0 Å². The topological polar surface area (TPSA) is 66.5 Å². The van der Waals surface area contributed by atoms with Crippen molar-refractivity contribution in [2.24, 2.45) is 0 Å². The Labute approximate surface area is 154 Å². The average molecular weight is 370 g/mol. The lowest BCUT2D eigenvalue weighted by Gasteiger charge is -2.35. The van der Waals surface area contributed by atoms with Gasteiger partial charge in [0.2, 0.25) is 15.9 Å². The second kappa shape index (κ2) is 6.43. The third-order valence-corrected chi connectivity index (χ3v) is 6.29. The van der Waals surface area contributed by atoms with E-state index in [1.165, 1.54) is 0 Å². The van der Waals surface area contributed by atoms with Crippen molar-refractivity contribution in [3.63, 3.8) is 0 Å². The molecule has 1 N–H and O–H groups in total. The summed E-state index contributed by atoms with van der Waals surface area (Å²) in [5, 5.41) is 0. The number of sulfonamides is 1. The molecule has 0 fully saturated rings. The molecule has 136 valence electrons. The Bertz CT molecular complexity index is 948. The number of nitrogens with zero attached hydrogens (tertiary/aromatic N) is 1. The van der Waals surface area contributed by atoms with Gasteiger partial charge in [-0.05, 0) is 55.0 Å².